The fraction of sp³-hybridized carbons (Fsp3) is 0.214. The van der Waals surface area contributed by atoms with E-state index in [-0.39, 0.29) is 17.8 Å². The fourth-order valence-electron chi connectivity index (χ4n) is 4.39. The van der Waals surface area contributed by atoms with Crippen molar-refractivity contribution in [3.05, 3.63) is 113 Å². The molecule has 6 heteroatoms. The molecule has 0 aliphatic carbocycles. The molecule has 0 spiro atoms. The van der Waals surface area contributed by atoms with Crippen LogP contribution in [0.25, 0.3) is 11.3 Å². The van der Waals surface area contributed by atoms with E-state index in [2.05, 4.69) is 27.3 Å². The van der Waals surface area contributed by atoms with E-state index in [4.69, 9.17) is 4.42 Å². The van der Waals surface area contributed by atoms with Crippen molar-refractivity contribution in [2.45, 2.75) is 32.0 Å². The summed E-state index contributed by atoms with van der Waals surface area (Å²) in [6.07, 6.45) is 3.01. The zero-order valence-electron chi connectivity index (χ0n) is 18.8. The van der Waals surface area contributed by atoms with Crippen molar-refractivity contribution in [3.63, 3.8) is 0 Å². The van der Waals surface area contributed by atoms with Crippen molar-refractivity contribution in [3.8, 4) is 11.3 Å². The van der Waals surface area contributed by atoms with E-state index in [1.54, 1.807) is 18.3 Å². The molecule has 172 valence electrons. The number of fused-ring (bicyclic) bond motifs is 1. The van der Waals surface area contributed by atoms with Crippen molar-refractivity contribution in [1.29, 1.82) is 0 Å². The lowest BCUT2D eigenvalue weighted by Crippen LogP contribution is -2.50. The van der Waals surface area contributed by atoms with Crippen LogP contribution < -0.4 is 5.32 Å². The van der Waals surface area contributed by atoms with Gasteiger partial charge in [0, 0.05) is 18.7 Å². The topological polar surface area (TPSA) is 58.4 Å². The zero-order valence-corrected chi connectivity index (χ0v) is 18.8. The van der Waals surface area contributed by atoms with E-state index in [0.29, 0.717) is 44.1 Å². The summed E-state index contributed by atoms with van der Waals surface area (Å²) in [5.41, 5.74) is 4.36. The predicted octanol–water partition coefficient (Wildman–Crippen LogP) is 4.77. The van der Waals surface area contributed by atoms with Crippen LogP contribution in [0.3, 0.4) is 0 Å². The SMILES string of the molecule is O=C(NCCc1ccc(F)cc1)C1Cc2ccccc2CN1Cc1ncc(-c2ccccc2)o1. The summed E-state index contributed by atoms with van der Waals surface area (Å²) < 4.78 is 19.2. The van der Waals surface area contributed by atoms with Crippen LogP contribution in [0.15, 0.2) is 89.5 Å². The maximum absolute atomic E-state index is 13.2. The molecule has 1 aliphatic heterocycles. The molecular formula is C28H26FN3O2. The molecule has 34 heavy (non-hydrogen) atoms. The summed E-state index contributed by atoms with van der Waals surface area (Å²) >= 11 is 0. The molecular weight excluding hydrogens is 429 g/mol. The molecule has 0 radical (unpaired) electrons. The van der Waals surface area contributed by atoms with E-state index in [0.717, 1.165) is 11.1 Å². The van der Waals surface area contributed by atoms with Gasteiger partial charge in [0.25, 0.3) is 0 Å². The van der Waals surface area contributed by atoms with Crippen LogP contribution >= 0.6 is 0 Å². The van der Waals surface area contributed by atoms with Gasteiger partial charge in [-0.3, -0.25) is 9.69 Å². The number of amides is 1. The Labute approximate surface area is 198 Å². The number of halogens is 1. The zero-order chi connectivity index (χ0) is 23.3. The van der Waals surface area contributed by atoms with Gasteiger partial charge in [0.05, 0.1) is 18.8 Å². The number of benzene rings is 3. The second-order valence-electron chi connectivity index (χ2n) is 8.55. The van der Waals surface area contributed by atoms with Crippen molar-refractivity contribution >= 4 is 5.91 Å². The van der Waals surface area contributed by atoms with Gasteiger partial charge in [-0.05, 0) is 41.7 Å². The summed E-state index contributed by atoms with van der Waals surface area (Å²) in [5, 5.41) is 3.07. The van der Waals surface area contributed by atoms with Gasteiger partial charge in [-0.15, -0.1) is 0 Å². The lowest BCUT2D eigenvalue weighted by Gasteiger charge is -2.35. The first-order valence-corrected chi connectivity index (χ1v) is 11.5. The highest BCUT2D eigenvalue weighted by atomic mass is 19.1. The molecule has 1 atom stereocenters. The average Bonchev–Trinajstić information content (AvgIpc) is 3.34. The molecule has 2 heterocycles. The predicted molar refractivity (Wildman–Crippen MR) is 128 cm³/mol. The number of hydrogen-bond acceptors (Lipinski definition) is 4. The summed E-state index contributed by atoms with van der Waals surface area (Å²) in [4.78, 5) is 19.8. The standard InChI is InChI=1S/C28H26FN3O2/c29-24-12-10-20(11-13-24)14-15-30-28(33)25-16-22-8-4-5-9-23(22)18-32(25)19-27-31-17-26(34-27)21-6-2-1-3-7-21/h1-13,17,25H,14-16,18-19H2,(H,30,33). The fourth-order valence-corrected chi connectivity index (χ4v) is 4.39. The molecule has 5 rings (SSSR count). The largest absolute Gasteiger partial charge is 0.439 e. The maximum Gasteiger partial charge on any atom is 0.237 e. The van der Waals surface area contributed by atoms with E-state index in [1.807, 2.05) is 42.5 Å². The lowest BCUT2D eigenvalue weighted by molar-refractivity contribution is -0.127. The number of rotatable bonds is 7. The highest BCUT2D eigenvalue weighted by molar-refractivity contribution is 5.82. The van der Waals surface area contributed by atoms with E-state index < -0.39 is 0 Å². The van der Waals surface area contributed by atoms with Crippen LogP contribution in [0.2, 0.25) is 0 Å². The van der Waals surface area contributed by atoms with Crippen LogP contribution in [0.4, 0.5) is 4.39 Å². The minimum absolute atomic E-state index is 0.0218. The van der Waals surface area contributed by atoms with Crippen LogP contribution in [0.5, 0.6) is 0 Å². The first-order chi connectivity index (χ1) is 16.7. The van der Waals surface area contributed by atoms with Crippen molar-refractivity contribution in [1.82, 2.24) is 15.2 Å². The first-order valence-electron chi connectivity index (χ1n) is 11.5. The minimum Gasteiger partial charge on any atom is -0.439 e. The molecule has 1 aromatic heterocycles. The number of oxazole rings is 1. The Morgan fingerprint density at radius 3 is 2.53 bits per heavy atom. The Morgan fingerprint density at radius 1 is 1.00 bits per heavy atom. The van der Waals surface area contributed by atoms with Crippen LogP contribution in [-0.4, -0.2) is 28.4 Å². The maximum atomic E-state index is 13.2. The molecule has 1 amide bonds. The molecule has 5 nitrogen and oxygen atoms in total. The first kappa shape index (κ1) is 22.0. The summed E-state index contributed by atoms with van der Waals surface area (Å²) in [6.45, 7) is 1.58. The number of carbonyl (C=O) groups excluding carboxylic acids is 1. The van der Waals surface area contributed by atoms with Crippen LogP contribution in [0.1, 0.15) is 22.6 Å². The third-order valence-electron chi connectivity index (χ3n) is 6.22. The minimum atomic E-state index is -0.324. The van der Waals surface area contributed by atoms with Gasteiger partial charge in [-0.1, -0.05) is 66.7 Å². The lowest BCUT2D eigenvalue weighted by atomic mass is 9.93. The van der Waals surface area contributed by atoms with Gasteiger partial charge in [0.15, 0.2) is 5.76 Å². The normalized spacial score (nSPS) is 15.6. The Balaban J connectivity index is 1.29. The molecule has 1 unspecified atom stereocenters. The van der Waals surface area contributed by atoms with E-state index >= 15 is 0 Å². The van der Waals surface area contributed by atoms with Gasteiger partial charge in [-0.25, -0.2) is 9.37 Å². The summed E-state index contributed by atoms with van der Waals surface area (Å²) in [6, 6.07) is 24.1. The molecule has 1 aliphatic rings. The molecule has 1 N–H and O–H groups in total. The summed E-state index contributed by atoms with van der Waals surface area (Å²) in [7, 11) is 0. The Hall–Kier alpha value is -3.77. The van der Waals surface area contributed by atoms with Crippen molar-refractivity contribution in [2.24, 2.45) is 0 Å². The number of aromatic nitrogens is 1. The van der Waals surface area contributed by atoms with Crippen LogP contribution in [-0.2, 0) is 30.7 Å². The average molecular weight is 456 g/mol. The smallest absolute Gasteiger partial charge is 0.237 e. The Kier molecular flexibility index (Phi) is 6.49. The molecule has 0 saturated carbocycles. The Morgan fingerprint density at radius 2 is 1.74 bits per heavy atom. The molecule has 0 saturated heterocycles. The van der Waals surface area contributed by atoms with Gasteiger partial charge in [0.2, 0.25) is 11.8 Å². The second kappa shape index (κ2) is 10.0. The van der Waals surface area contributed by atoms with E-state index in [9.17, 15) is 9.18 Å². The highest BCUT2D eigenvalue weighted by Gasteiger charge is 2.32. The van der Waals surface area contributed by atoms with Crippen molar-refractivity contribution in [2.75, 3.05) is 6.54 Å². The van der Waals surface area contributed by atoms with Gasteiger partial charge >= 0.3 is 0 Å². The molecule has 0 bridgehead atoms. The Bertz CT molecular complexity index is 1250. The number of carbonyl (C=O) groups is 1. The quantitative estimate of drug-likeness (QED) is 0.436. The van der Waals surface area contributed by atoms with E-state index in [1.165, 1.54) is 23.3 Å². The highest BCUT2D eigenvalue weighted by Crippen LogP contribution is 2.26. The number of hydrogen-bond donors (Lipinski definition) is 1. The van der Waals surface area contributed by atoms with Gasteiger partial charge in [0.1, 0.15) is 5.82 Å². The number of nitrogens with zero attached hydrogens (tertiary/aromatic N) is 2. The number of nitrogens with one attached hydrogen (secondary N) is 1. The summed E-state index contributed by atoms with van der Waals surface area (Å²) in [5.74, 6) is 1.02. The van der Waals surface area contributed by atoms with Crippen LogP contribution in [0, 0.1) is 5.82 Å². The monoisotopic (exact) mass is 455 g/mol. The second-order valence-corrected chi connectivity index (χ2v) is 8.55. The molecule has 0 fully saturated rings. The van der Waals surface area contributed by atoms with Gasteiger partial charge in [-0.2, -0.15) is 0 Å². The third kappa shape index (κ3) is 5.07. The molecule has 3 aromatic carbocycles. The van der Waals surface area contributed by atoms with Gasteiger partial charge < -0.3 is 9.73 Å². The van der Waals surface area contributed by atoms with Crippen molar-refractivity contribution < 1.29 is 13.6 Å². The molecule has 4 aromatic rings. The third-order valence-corrected chi connectivity index (χ3v) is 6.22.